The van der Waals surface area contributed by atoms with Crippen molar-refractivity contribution in [3.63, 3.8) is 0 Å². The Morgan fingerprint density at radius 3 is 2.00 bits per heavy atom. The second-order valence-corrected chi connectivity index (χ2v) is 3.86. The van der Waals surface area contributed by atoms with Crippen LogP contribution in [0.2, 0.25) is 0 Å². The molecule has 0 aromatic rings. The molecule has 4 nitrogen and oxygen atoms in total. The minimum atomic E-state index is 0.474. The van der Waals surface area contributed by atoms with Gasteiger partial charge in [-0.05, 0) is 12.3 Å². The van der Waals surface area contributed by atoms with Crippen LogP contribution in [0, 0.1) is 5.92 Å². The molecule has 0 N–H and O–H groups in total. The highest BCUT2D eigenvalue weighted by Crippen LogP contribution is 1.97. The Hall–Kier alpha value is -1.24. The van der Waals surface area contributed by atoms with E-state index in [1.54, 1.807) is 0 Å². The quantitative estimate of drug-likeness (QED) is 0.381. The van der Waals surface area contributed by atoms with E-state index < -0.39 is 0 Å². The van der Waals surface area contributed by atoms with Crippen LogP contribution in [0.25, 0.3) is 0 Å². The monoisotopic (exact) mass is 226 g/mol. The molecule has 0 saturated heterocycles. The molecule has 0 atom stereocenters. The van der Waals surface area contributed by atoms with Crippen LogP contribution in [-0.2, 0) is 9.59 Å². The first-order chi connectivity index (χ1) is 7.68. The van der Waals surface area contributed by atoms with E-state index in [-0.39, 0.29) is 0 Å². The van der Waals surface area contributed by atoms with Crippen LogP contribution in [0.5, 0.6) is 0 Å². The Balaban J connectivity index is 0. The van der Waals surface area contributed by atoms with Gasteiger partial charge < -0.3 is 0 Å². The molecular weight excluding hydrogens is 204 g/mol. The van der Waals surface area contributed by atoms with Gasteiger partial charge in [0, 0.05) is 0 Å². The maximum atomic E-state index is 9.55. The van der Waals surface area contributed by atoms with E-state index in [1.165, 1.54) is 31.4 Å². The summed E-state index contributed by atoms with van der Waals surface area (Å²) in [7, 11) is 0. The molecule has 0 unspecified atom stereocenters. The Morgan fingerprint density at radius 1 is 1.00 bits per heavy atom. The molecular formula is C12H22N2O2. The second-order valence-electron chi connectivity index (χ2n) is 3.86. The lowest BCUT2D eigenvalue weighted by Gasteiger charge is -1.90. The van der Waals surface area contributed by atoms with Crippen molar-refractivity contribution < 1.29 is 9.59 Å². The standard InChI is InChI=1S/C7H13NO.C5H9NO/c1-2-3-4-5-6-8-7-9;1-5(2)3-6-4-7/h2-6H2,1H3;5H,3H2,1-2H3. The molecule has 0 amide bonds. The highest BCUT2D eigenvalue weighted by Gasteiger charge is 1.85. The van der Waals surface area contributed by atoms with E-state index in [0.717, 1.165) is 6.42 Å². The molecule has 0 aliphatic heterocycles. The topological polar surface area (TPSA) is 58.9 Å². The Labute approximate surface area is 97.9 Å². The lowest BCUT2D eigenvalue weighted by atomic mass is 10.2. The Bertz CT molecular complexity index is 227. The number of rotatable bonds is 7. The Kier molecular flexibility index (Phi) is 17.4. The highest BCUT2D eigenvalue weighted by molar-refractivity contribution is 5.32. The van der Waals surface area contributed by atoms with Crippen molar-refractivity contribution in [2.24, 2.45) is 15.9 Å². The van der Waals surface area contributed by atoms with Crippen molar-refractivity contribution >= 4 is 12.2 Å². The highest BCUT2D eigenvalue weighted by atomic mass is 16.1. The molecule has 0 aliphatic rings. The molecule has 92 valence electrons. The summed E-state index contributed by atoms with van der Waals surface area (Å²) < 4.78 is 0. The summed E-state index contributed by atoms with van der Waals surface area (Å²) in [5.41, 5.74) is 0. The predicted octanol–water partition coefficient (Wildman–Crippen LogP) is 2.88. The summed E-state index contributed by atoms with van der Waals surface area (Å²) >= 11 is 0. The van der Waals surface area contributed by atoms with E-state index >= 15 is 0 Å². The molecule has 0 rings (SSSR count). The number of carbonyl (C=O) groups excluding carboxylic acids is 2. The number of unbranched alkanes of at least 4 members (excludes halogenated alkanes) is 3. The lowest BCUT2D eigenvalue weighted by molar-refractivity contribution is 0.558. The average Bonchev–Trinajstić information content (AvgIpc) is 2.27. The maximum absolute atomic E-state index is 9.55. The molecule has 16 heavy (non-hydrogen) atoms. The smallest absolute Gasteiger partial charge is 0.211 e. The van der Waals surface area contributed by atoms with Crippen LogP contribution in [0.15, 0.2) is 9.98 Å². The van der Waals surface area contributed by atoms with Gasteiger partial charge in [-0.25, -0.2) is 19.6 Å². The van der Waals surface area contributed by atoms with Crippen molar-refractivity contribution in [3.05, 3.63) is 0 Å². The summed E-state index contributed by atoms with van der Waals surface area (Å²) in [6.07, 6.45) is 7.68. The molecule has 0 bridgehead atoms. The minimum absolute atomic E-state index is 0.474. The Morgan fingerprint density at radius 2 is 1.62 bits per heavy atom. The van der Waals surface area contributed by atoms with Gasteiger partial charge in [-0.15, -0.1) is 0 Å². The number of hydrogen-bond acceptors (Lipinski definition) is 4. The van der Waals surface area contributed by atoms with E-state index in [2.05, 4.69) is 16.9 Å². The normalized spacial score (nSPS) is 8.50. The number of nitrogens with zero attached hydrogens (tertiary/aromatic N) is 2. The summed E-state index contributed by atoms with van der Waals surface area (Å²) in [6.45, 7) is 7.41. The van der Waals surface area contributed by atoms with Crippen LogP contribution in [0.1, 0.15) is 46.5 Å². The van der Waals surface area contributed by atoms with Crippen LogP contribution in [0.3, 0.4) is 0 Å². The summed E-state index contributed by atoms with van der Waals surface area (Å²) in [6, 6.07) is 0. The summed E-state index contributed by atoms with van der Waals surface area (Å²) in [5.74, 6) is 0.474. The number of hydrogen-bond donors (Lipinski definition) is 0. The van der Waals surface area contributed by atoms with Gasteiger partial charge >= 0.3 is 0 Å². The first-order valence-electron chi connectivity index (χ1n) is 5.76. The van der Waals surface area contributed by atoms with E-state index in [9.17, 15) is 9.59 Å². The third-order valence-corrected chi connectivity index (χ3v) is 1.71. The zero-order chi connectivity index (χ0) is 12.6. The largest absolute Gasteiger partial charge is 0.234 e. The molecule has 0 saturated carbocycles. The number of isocyanates is 2. The zero-order valence-electron chi connectivity index (χ0n) is 10.5. The average molecular weight is 226 g/mol. The van der Waals surface area contributed by atoms with Crippen molar-refractivity contribution in [3.8, 4) is 0 Å². The second kappa shape index (κ2) is 16.2. The van der Waals surface area contributed by atoms with Crippen LogP contribution in [0.4, 0.5) is 0 Å². The van der Waals surface area contributed by atoms with Gasteiger partial charge in [0.15, 0.2) is 0 Å². The molecule has 0 spiro atoms. The van der Waals surface area contributed by atoms with Gasteiger partial charge in [0.25, 0.3) is 0 Å². The molecule has 0 aromatic carbocycles. The zero-order valence-corrected chi connectivity index (χ0v) is 10.5. The van der Waals surface area contributed by atoms with Crippen LogP contribution >= 0.6 is 0 Å². The third kappa shape index (κ3) is 23.0. The predicted molar refractivity (Wildman–Crippen MR) is 65.0 cm³/mol. The first-order valence-corrected chi connectivity index (χ1v) is 5.76. The lowest BCUT2D eigenvalue weighted by Crippen LogP contribution is -1.89. The van der Waals surface area contributed by atoms with E-state index in [1.807, 2.05) is 13.8 Å². The van der Waals surface area contributed by atoms with Crippen LogP contribution in [-0.4, -0.2) is 25.2 Å². The molecule has 0 fully saturated rings. The summed E-state index contributed by atoms with van der Waals surface area (Å²) in [4.78, 5) is 25.8. The van der Waals surface area contributed by atoms with Gasteiger partial charge in [-0.3, -0.25) is 0 Å². The molecule has 0 heterocycles. The fraction of sp³-hybridized carbons (Fsp3) is 0.833. The van der Waals surface area contributed by atoms with Gasteiger partial charge in [0.2, 0.25) is 12.2 Å². The molecule has 0 aromatic heterocycles. The SMILES string of the molecule is CC(C)CN=C=O.CCCCCCN=C=O. The summed E-state index contributed by atoms with van der Waals surface area (Å²) in [5, 5.41) is 0. The van der Waals surface area contributed by atoms with Gasteiger partial charge in [0.05, 0.1) is 13.1 Å². The molecule has 0 aliphatic carbocycles. The number of aliphatic imine (C=N–C) groups is 2. The maximum Gasteiger partial charge on any atom is 0.234 e. The van der Waals surface area contributed by atoms with Crippen LogP contribution < -0.4 is 0 Å². The molecule has 0 radical (unpaired) electrons. The van der Waals surface area contributed by atoms with Crippen molar-refractivity contribution in [2.45, 2.75) is 46.5 Å². The third-order valence-electron chi connectivity index (χ3n) is 1.71. The van der Waals surface area contributed by atoms with Crippen molar-refractivity contribution in [2.75, 3.05) is 13.1 Å². The van der Waals surface area contributed by atoms with E-state index in [4.69, 9.17) is 0 Å². The van der Waals surface area contributed by atoms with Crippen molar-refractivity contribution in [1.82, 2.24) is 0 Å². The van der Waals surface area contributed by atoms with Gasteiger partial charge in [-0.2, -0.15) is 0 Å². The van der Waals surface area contributed by atoms with Gasteiger partial charge in [-0.1, -0.05) is 40.0 Å². The molecule has 4 heteroatoms. The van der Waals surface area contributed by atoms with Gasteiger partial charge in [0.1, 0.15) is 0 Å². The first kappa shape index (κ1) is 17.2. The van der Waals surface area contributed by atoms with Crippen molar-refractivity contribution in [1.29, 1.82) is 0 Å². The minimum Gasteiger partial charge on any atom is -0.211 e. The fourth-order valence-electron chi connectivity index (χ4n) is 0.883. The fourth-order valence-corrected chi connectivity index (χ4v) is 0.883. The van der Waals surface area contributed by atoms with E-state index in [0.29, 0.717) is 19.0 Å².